The molecule has 1 unspecified atom stereocenters. The van der Waals surface area contributed by atoms with Crippen LogP contribution in [-0.4, -0.2) is 17.6 Å². The van der Waals surface area contributed by atoms with E-state index in [-0.39, 0.29) is 0 Å². The highest BCUT2D eigenvalue weighted by atomic mass is 14.9. The first-order chi connectivity index (χ1) is 9.38. The Kier molecular flexibility index (Phi) is 6.09. The Morgan fingerprint density at radius 2 is 2.26 bits per heavy atom. The molecule has 0 saturated carbocycles. The van der Waals surface area contributed by atoms with Crippen LogP contribution in [0.1, 0.15) is 51.0 Å². The van der Waals surface area contributed by atoms with Crippen molar-refractivity contribution in [2.75, 3.05) is 6.54 Å². The lowest BCUT2D eigenvalue weighted by Crippen LogP contribution is -2.32. The molecule has 1 aromatic heterocycles. The van der Waals surface area contributed by atoms with Gasteiger partial charge in [0.15, 0.2) is 0 Å². The summed E-state index contributed by atoms with van der Waals surface area (Å²) >= 11 is 0. The highest BCUT2D eigenvalue weighted by Gasteiger charge is 2.13. The zero-order valence-corrected chi connectivity index (χ0v) is 12.1. The van der Waals surface area contributed by atoms with E-state index in [2.05, 4.69) is 29.4 Å². The molecule has 1 aliphatic carbocycles. The molecule has 0 aromatic carbocycles. The van der Waals surface area contributed by atoms with Gasteiger partial charge in [0, 0.05) is 18.4 Å². The van der Waals surface area contributed by atoms with E-state index in [4.69, 9.17) is 0 Å². The SMILES string of the molecule is CCCNC(CC1=CCCCC1)Cc1cccnc1. The van der Waals surface area contributed by atoms with E-state index in [9.17, 15) is 0 Å². The van der Waals surface area contributed by atoms with Gasteiger partial charge in [-0.25, -0.2) is 0 Å². The maximum atomic E-state index is 4.22. The normalized spacial score (nSPS) is 17.0. The van der Waals surface area contributed by atoms with Crippen molar-refractivity contribution in [2.45, 2.75) is 57.9 Å². The van der Waals surface area contributed by atoms with E-state index in [1.54, 1.807) is 5.57 Å². The second-order valence-corrected chi connectivity index (χ2v) is 5.53. The van der Waals surface area contributed by atoms with Crippen molar-refractivity contribution < 1.29 is 0 Å². The molecule has 104 valence electrons. The summed E-state index contributed by atoms with van der Waals surface area (Å²) in [4.78, 5) is 4.22. The van der Waals surface area contributed by atoms with Crippen LogP contribution < -0.4 is 5.32 Å². The molecule has 2 nitrogen and oxygen atoms in total. The lowest BCUT2D eigenvalue weighted by molar-refractivity contribution is 0.490. The third-order valence-corrected chi connectivity index (χ3v) is 3.78. The first-order valence-corrected chi connectivity index (χ1v) is 7.68. The van der Waals surface area contributed by atoms with Crippen LogP contribution in [0.2, 0.25) is 0 Å². The highest BCUT2D eigenvalue weighted by Crippen LogP contribution is 2.22. The number of rotatable bonds is 7. The van der Waals surface area contributed by atoms with Crippen LogP contribution in [0, 0.1) is 0 Å². The second-order valence-electron chi connectivity index (χ2n) is 5.53. The van der Waals surface area contributed by atoms with Gasteiger partial charge in [0.05, 0.1) is 0 Å². The Morgan fingerprint density at radius 3 is 2.95 bits per heavy atom. The van der Waals surface area contributed by atoms with E-state index in [1.807, 2.05) is 18.5 Å². The highest BCUT2D eigenvalue weighted by molar-refractivity contribution is 5.13. The molecule has 0 spiro atoms. The Labute approximate surface area is 117 Å². The summed E-state index contributed by atoms with van der Waals surface area (Å²) in [5.74, 6) is 0. The summed E-state index contributed by atoms with van der Waals surface area (Å²) in [7, 11) is 0. The Morgan fingerprint density at radius 1 is 1.32 bits per heavy atom. The molecular weight excluding hydrogens is 232 g/mol. The van der Waals surface area contributed by atoms with Crippen molar-refractivity contribution in [3.8, 4) is 0 Å². The lowest BCUT2D eigenvalue weighted by Gasteiger charge is -2.22. The van der Waals surface area contributed by atoms with Gasteiger partial charge in [-0.3, -0.25) is 4.98 Å². The largest absolute Gasteiger partial charge is 0.313 e. The van der Waals surface area contributed by atoms with Crippen LogP contribution in [0.25, 0.3) is 0 Å². The topological polar surface area (TPSA) is 24.9 Å². The molecule has 2 rings (SSSR count). The first-order valence-electron chi connectivity index (χ1n) is 7.68. The molecular formula is C17H26N2. The summed E-state index contributed by atoms with van der Waals surface area (Å²) in [6.07, 6.45) is 15.1. The van der Waals surface area contributed by atoms with Gasteiger partial charge in [-0.15, -0.1) is 0 Å². The predicted octanol–water partition coefficient (Wildman–Crippen LogP) is 3.88. The Hall–Kier alpha value is -1.15. The van der Waals surface area contributed by atoms with Gasteiger partial charge < -0.3 is 5.32 Å². The Bertz CT molecular complexity index is 384. The maximum absolute atomic E-state index is 4.22. The second kappa shape index (κ2) is 8.11. The van der Waals surface area contributed by atoms with Crippen LogP contribution >= 0.6 is 0 Å². The molecule has 0 bridgehead atoms. The molecule has 0 fully saturated rings. The number of allylic oxidation sites excluding steroid dienone is 1. The number of hydrogen-bond donors (Lipinski definition) is 1. The van der Waals surface area contributed by atoms with E-state index in [1.165, 1.54) is 44.1 Å². The molecule has 1 N–H and O–H groups in total. The minimum atomic E-state index is 0.563. The van der Waals surface area contributed by atoms with Crippen LogP contribution in [0.3, 0.4) is 0 Å². The smallest absolute Gasteiger partial charge is 0.0300 e. The van der Waals surface area contributed by atoms with Crippen molar-refractivity contribution in [1.82, 2.24) is 10.3 Å². The predicted molar refractivity (Wildman–Crippen MR) is 81.2 cm³/mol. The molecule has 1 atom stereocenters. The van der Waals surface area contributed by atoms with Crippen molar-refractivity contribution >= 4 is 0 Å². The van der Waals surface area contributed by atoms with Crippen molar-refractivity contribution in [2.24, 2.45) is 0 Å². The van der Waals surface area contributed by atoms with Gasteiger partial charge in [-0.1, -0.05) is 24.6 Å². The molecule has 0 amide bonds. The van der Waals surface area contributed by atoms with Crippen molar-refractivity contribution in [1.29, 1.82) is 0 Å². The van der Waals surface area contributed by atoms with Gasteiger partial charge in [-0.2, -0.15) is 0 Å². The zero-order chi connectivity index (χ0) is 13.3. The molecule has 1 aliphatic rings. The Balaban J connectivity index is 1.92. The van der Waals surface area contributed by atoms with Gasteiger partial charge in [0.2, 0.25) is 0 Å². The third kappa shape index (κ3) is 5.15. The summed E-state index contributed by atoms with van der Waals surface area (Å²) in [5, 5.41) is 3.70. The molecule has 19 heavy (non-hydrogen) atoms. The summed E-state index contributed by atoms with van der Waals surface area (Å²) < 4.78 is 0. The minimum Gasteiger partial charge on any atom is -0.313 e. The fourth-order valence-electron chi connectivity index (χ4n) is 2.77. The molecule has 1 aromatic rings. The van der Waals surface area contributed by atoms with Crippen LogP contribution in [0.4, 0.5) is 0 Å². The number of aromatic nitrogens is 1. The van der Waals surface area contributed by atoms with E-state index in [0.717, 1.165) is 13.0 Å². The van der Waals surface area contributed by atoms with Gasteiger partial charge in [0.25, 0.3) is 0 Å². The molecule has 0 radical (unpaired) electrons. The van der Waals surface area contributed by atoms with Crippen molar-refractivity contribution in [3.05, 3.63) is 41.7 Å². The summed E-state index contributed by atoms with van der Waals surface area (Å²) in [6.45, 7) is 3.34. The third-order valence-electron chi connectivity index (χ3n) is 3.78. The van der Waals surface area contributed by atoms with Crippen LogP contribution in [0.15, 0.2) is 36.2 Å². The molecule has 0 aliphatic heterocycles. The van der Waals surface area contributed by atoms with Gasteiger partial charge >= 0.3 is 0 Å². The fraction of sp³-hybridized carbons (Fsp3) is 0.588. The summed E-state index contributed by atoms with van der Waals surface area (Å²) in [5.41, 5.74) is 3.00. The zero-order valence-electron chi connectivity index (χ0n) is 12.1. The van der Waals surface area contributed by atoms with Gasteiger partial charge in [-0.05, 0) is 63.1 Å². The van der Waals surface area contributed by atoms with Crippen molar-refractivity contribution in [3.63, 3.8) is 0 Å². The summed E-state index contributed by atoms with van der Waals surface area (Å²) in [6, 6.07) is 4.78. The minimum absolute atomic E-state index is 0.563. The monoisotopic (exact) mass is 258 g/mol. The van der Waals surface area contributed by atoms with E-state index < -0.39 is 0 Å². The maximum Gasteiger partial charge on any atom is 0.0300 e. The number of nitrogens with one attached hydrogen (secondary N) is 1. The van der Waals surface area contributed by atoms with E-state index in [0.29, 0.717) is 6.04 Å². The fourth-order valence-corrected chi connectivity index (χ4v) is 2.77. The average Bonchev–Trinajstić information content (AvgIpc) is 2.47. The number of hydrogen-bond acceptors (Lipinski definition) is 2. The average molecular weight is 258 g/mol. The quantitative estimate of drug-likeness (QED) is 0.751. The number of nitrogens with zero attached hydrogens (tertiary/aromatic N) is 1. The molecule has 1 heterocycles. The molecule has 2 heteroatoms. The first kappa shape index (κ1) is 14.3. The van der Waals surface area contributed by atoms with Crippen LogP contribution in [0.5, 0.6) is 0 Å². The van der Waals surface area contributed by atoms with Crippen LogP contribution in [-0.2, 0) is 6.42 Å². The lowest BCUT2D eigenvalue weighted by atomic mass is 9.92. The number of pyridine rings is 1. The van der Waals surface area contributed by atoms with E-state index >= 15 is 0 Å². The van der Waals surface area contributed by atoms with Gasteiger partial charge in [0.1, 0.15) is 0 Å². The standard InChI is InChI=1S/C17H26N2/c1-2-10-19-17(12-15-7-4-3-5-8-15)13-16-9-6-11-18-14-16/h6-7,9,11,14,17,19H,2-5,8,10,12-13H2,1H3. The molecule has 0 saturated heterocycles.